The Bertz CT molecular complexity index is 583. The molecule has 5 heteroatoms. The van der Waals surface area contributed by atoms with Crippen LogP contribution < -0.4 is 5.73 Å². The van der Waals surface area contributed by atoms with E-state index in [1.54, 1.807) is 6.07 Å². The van der Waals surface area contributed by atoms with Crippen LogP contribution in [0.2, 0.25) is 5.02 Å². The lowest BCUT2D eigenvalue weighted by molar-refractivity contribution is 0.419. The zero-order chi connectivity index (χ0) is 14.0. The summed E-state index contributed by atoms with van der Waals surface area (Å²) >= 11 is 6.08. The largest absolute Gasteiger partial charge is 0.367 e. The maximum Gasteiger partial charge on any atom is 0.230 e. The van der Waals surface area contributed by atoms with Gasteiger partial charge in [0.2, 0.25) is 5.88 Å². The van der Waals surface area contributed by atoms with E-state index >= 15 is 0 Å². The highest BCUT2D eigenvalue weighted by molar-refractivity contribution is 6.33. The second-order valence-electron chi connectivity index (χ2n) is 4.62. The molecule has 0 bridgehead atoms. The minimum atomic E-state index is -0.382. The van der Waals surface area contributed by atoms with Gasteiger partial charge < -0.3 is 10.3 Å². The molecule has 0 fully saturated rings. The first kappa shape index (κ1) is 13.9. The fourth-order valence-electron chi connectivity index (χ4n) is 2.18. The number of nitrogens with two attached hydrogens (primary N) is 1. The smallest absolute Gasteiger partial charge is 0.230 e. The molecule has 1 heterocycles. The molecule has 0 aliphatic carbocycles. The van der Waals surface area contributed by atoms with E-state index in [-0.39, 0.29) is 17.6 Å². The van der Waals surface area contributed by atoms with Gasteiger partial charge in [-0.1, -0.05) is 37.0 Å². The van der Waals surface area contributed by atoms with Gasteiger partial charge in [-0.3, -0.25) is 0 Å². The molecule has 2 rings (SSSR count). The van der Waals surface area contributed by atoms with Crippen molar-refractivity contribution in [1.82, 2.24) is 5.16 Å². The van der Waals surface area contributed by atoms with Crippen LogP contribution >= 0.6 is 11.6 Å². The average molecular weight is 283 g/mol. The van der Waals surface area contributed by atoms with E-state index in [1.807, 2.05) is 0 Å². The topological polar surface area (TPSA) is 52.0 Å². The van der Waals surface area contributed by atoms with Crippen LogP contribution in [-0.4, -0.2) is 5.16 Å². The van der Waals surface area contributed by atoms with Crippen LogP contribution in [0, 0.1) is 5.82 Å². The van der Waals surface area contributed by atoms with Crippen molar-refractivity contribution >= 4 is 17.5 Å². The summed E-state index contributed by atoms with van der Waals surface area (Å²) in [7, 11) is 0. The van der Waals surface area contributed by atoms with Crippen molar-refractivity contribution in [1.29, 1.82) is 0 Å². The lowest BCUT2D eigenvalue weighted by Crippen LogP contribution is -1.97. The van der Waals surface area contributed by atoms with E-state index in [4.69, 9.17) is 21.9 Å². The normalized spacial score (nSPS) is 12.6. The van der Waals surface area contributed by atoms with Crippen LogP contribution in [0.1, 0.15) is 38.3 Å². The van der Waals surface area contributed by atoms with Crippen molar-refractivity contribution in [3.05, 3.63) is 34.7 Å². The van der Waals surface area contributed by atoms with Gasteiger partial charge in [0.05, 0.1) is 16.3 Å². The van der Waals surface area contributed by atoms with Crippen LogP contribution in [0.5, 0.6) is 0 Å². The SMILES string of the molecule is CCCC(C)c1noc(N)c1-c1ccc(F)cc1Cl. The van der Waals surface area contributed by atoms with Crippen LogP contribution in [0.4, 0.5) is 10.3 Å². The summed E-state index contributed by atoms with van der Waals surface area (Å²) in [6.45, 7) is 4.16. The molecule has 3 nitrogen and oxygen atoms in total. The highest BCUT2D eigenvalue weighted by Crippen LogP contribution is 2.39. The molecule has 0 saturated carbocycles. The molecular formula is C14H16ClFN2O. The predicted octanol–water partition coefficient (Wildman–Crippen LogP) is 4.62. The fraction of sp³-hybridized carbons (Fsp3) is 0.357. The Morgan fingerprint density at radius 2 is 2.21 bits per heavy atom. The second kappa shape index (κ2) is 5.61. The Kier molecular flexibility index (Phi) is 4.10. The van der Waals surface area contributed by atoms with Crippen LogP contribution in [0.3, 0.4) is 0 Å². The number of aromatic nitrogens is 1. The third kappa shape index (κ3) is 2.73. The zero-order valence-corrected chi connectivity index (χ0v) is 11.7. The molecule has 102 valence electrons. The average Bonchev–Trinajstić information content (AvgIpc) is 2.72. The van der Waals surface area contributed by atoms with Gasteiger partial charge in [-0.05, 0) is 24.6 Å². The number of anilines is 1. The molecule has 2 aromatic rings. The summed E-state index contributed by atoms with van der Waals surface area (Å²) in [4.78, 5) is 0. The Hall–Kier alpha value is -1.55. The number of halogens is 2. The summed E-state index contributed by atoms with van der Waals surface area (Å²) in [5, 5.41) is 4.33. The quantitative estimate of drug-likeness (QED) is 0.890. The Labute approximate surface area is 116 Å². The van der Waals surface area contributed by atoms with Gasteiger partial charge in [-0.2, -0.15) is 0 Å². The number of benzene rings is 1. The van der Waals surface area contributed by atoms with E-state index in [9.17, 15) is 4.39 Å². The molecule has 0 radical (unpaired) electrons. The Balaban J connectivity index is 2.52. The van der Waals surface area contributed by atoms with E-state index in [1.165, 1.54) is 12.1 Å². The lowest BCUT2D eigenvalue weighted by Gasteiger charge is -2.10. The van der Waals surface area contributed by atoms with Gasteiger partial charge in [0, 0.05) is 11.5 Å². The number of nitrogen functional groups attached to an aromatic ring is 1. The maximum absolute atomic E-state index is 13.1. The molecule has 1 aromatic carbocycles. The summed E-state index contributed by atoms with van der Waals surface area (Å²) < 4.78 is 18.2. The third-order valence-electron chi connectivity index (χ3n) is 3.13. The molecule has 0 aliphatic rings. The van der Waals surface area contributed by atoms with E-state index in [0.717, 1.165) is 18.5 Å². The van der Waals surface area contributed by atoms with Crippen molar-refractivity contribution in [2.75, 3.05) is 5.73 Å². The monoisotopic (exact) mass is 282 g/mol. The summed E-state index contributed by atoms with van der Waals surface area (Å²) in [6.07, 6.45) is 2.00. The highest BCUT2D eigenvalue weighted by Gasteiger charge is 2.22. The maximum atomic E-state index is 13.1. The van der Waals surface area contributed by atoms with Crippen LogP contribution in [0.15, 0.2) is 22.7 Å². The van der Waals surface area contributed by atoms with E-state index in [0.29, 0.717) is 16.1 Å². The van der Waals surface area contributed by atoms with Crippen molar-refractivity contribution < 1.29 is 8.91 Å². The second-order valence-corrected chi connectivity index (χ2v) is 5.03. The third-order valence-corrected chi connectivity index (χ3v) is 3.45. The summed E-state index contributed by atoms with van der Waals surface area (Å²) in [5.74, 6) is 0.0422. The molecule has 2 N–H and O–H groups in total. The zero-order valence-electron chi connectivity index (χ0n) is 10.9. The van der Waals surface area contributed by atoms with Gasteiger partial charge in [-0.15, -0.1) is 0 Å². The molecular weight excluding hydrogens is 267 g/mol. The van der Waals surface area contributed by atoms with Gasteiger partial charge >= 0.3 is 0 Å². The first-order valence-electron chi connectivity index (χ1n) is 6.25. The summed E-state index contributed by atoms with van der Waals surface area (Å²) in [5.41, 5.74) is 7.93. The fourth-order valence-corrected chi connectivity index (χ4v) is 2.45. The molecule has 0 aliphatic heterocycles. The number of rotatable bonds is 4. The van der Waals surface area contributed by atoms with Crippen LogP contribution in [-0.2, 0) is 0 Å². The molecule has 1 atom stereocenters. The number of nitrogens with zero attached hydrogens (tertiary/aromatic N) is 1. The van der Waals surface area contributed by atoms with Crippen molar-refractivity contribution in [3.8, 4) is 11.1 Å². The molecule has 1 unspecified atom stereocenters. The van der Waals surface area contributed by atoms with Crippen molar-refractivity contribution in [3.63, 3.8) is 0 Å². The van der Waals surface area contributed by atoms with Gasteiger partial charge in [-0.25, -0.2) is 4.39 Å². The number of hydrogen-bond acceptors (Lipinski definition) is 3. The van der Waals surface area contributed by atoms with Crippen molar-refractivity contribution in [2.24, 2.45) is 0 Å². The minimum Gasteiger partial charge on any atom is -0.367 e. The molecule has 1 aromatic heterocycles. The molecule has 0 amide bonds. The number of hydrogen-bond donors (Lipinski definition) is 1. The highest BCUT2D eigenvalue weighted by atomic mass is 35.5. The first-order valence-corrected chi connectivity index (χ1v) is 6.62. The molecule has 0 spiro atoms. The molecule has 0 saturated heterocycles. The predicted molar refractivity (Wildman–Crippen MR) is 74.6 cm³/mol. The first-order chi connectivity index (χ1) is 9.04. The van der Waals surface area contributed by atoms with Gasteiger partial charge in [0.15, 0.2) is 0 Å². The molecule has 19 heavy (non-hydrogen) atoms. The van der Waals surface area contributed by atoms with Gasteiger partial charge in [0.1, 0.15) is 5.82 Å². The Morgan fingerprint density at radius 1 is 1.47 bits per heavy atom. The van der Waals surface area contributed by atoms with Crippen LogP contribution in [0.25, 0.3) is 11.1 Å². The van der Waals surface area contributed by atoms with Crippen molar-refractivity contribution in [2.45, 2.75) is 32.6 Å². The lowest BCUT2D eigenvalue weighted by atomic mass is 9.95. The van der Waals surface area contributed by atoms with Gasteiger partial charge in [0.25, 0.3) is 0 Å². The standard InChI is InChI=1S/C14H16ClFN2O/c1-3-4-8(2)13-12(14(17)19-18-13)10-6-5-9(16)7-11(10)15/h5-8H,3-4,17H2,1-2H3. The Morgan fingerprint density at radius 3 is 2.84 bits per heavy atom. The minimum absolute atomic E-state index is 0.210. The van der Waals surface area contributed by atoms with E-state index in [2.05, 4.69) is 19.0 Å². The summed E-state index contributed by atoms with van der Waals surface area (Å²) in [6, 6.07) is 4.21. The van der Waals surface area contributed by atoms with E-state index < -0.39 is 0 Å².